The van der Waals surface area contributed by atoms with Crippen molar-refractivity contribution >= 4 is 29.5 Å². The Morgan fingerprint density at radius 3 is 2.59 bits per heavy atom. The maximum Gasteiger partial charge on any atom is 0.327 e. The van der Waals surface area contributed by atoms with Crippen LogP contribution in [0.25, 0.3) is 0 Å². The Bertz CT molecular complexity index is 1100. The van der Waals surface area contributed by atoms with Gasteiger partial charge in [-0.05, 0) is 82.3 Å². The predicted octanol–water partition coefficient (Wildman–Crippen LogP) is 4.11. The summed E-state index contributed by atoms with van der Waals surface area (Å²) in [6.07, 6.45) is 5.21. The van der Waals surface area contributed by atoms with E-state index in [1.165, 1.54) is 5.56 Å². The van der Waals surface area contributed by atoms with Gasteiger partial charge in [-0.15, -0.1) is 0 Å². The van der Waals surface area contributed by atoms with Crippen LogP contribution >= 0.6 is 12.0 Å². The zero-order valence-corrected chi connectivity index (χ0v) is 20.9. The molecule has 0 fully saturated rings. The van der Waals surface area contributed by atoms with Crippen molar-refractivity contribution in [2.45, 2.75) is 70.2 Å². The van der Waals surface area contributed by atoms with Crippen LogP contribution in [0.5, 0.6) is 0 Å². The van der Waals surface area contributed by atoms with Crippen LogP contribution in [0, 0.1) is 11.8 Å². The van der Waals surface area contributed by atoms with Gasteiger partial charge >= 0.3 is 11.8 Å². The van der Waals surface area contributed by atoms with Crippen LogP contribution in [0.15, 0.2) is 46.4 Å². The van der Waals surface area contributed by atoms with Gasteiger partial charge in [-0.1, -0.05) is 11.8 Å². The standard InChI is InChI=1S/C26H30N2O5S/c1-5-31-24(29)9-7-6-8-16-28-18-21(17-23-25(28)27-19(2)26(23,3)4)11-10-20-12-14-22(15-13-20)34-33-32-30/h12-15,17-18H,5-9,16H2,1-4H3. The Hall–Kier alpha value is -2.70. The van der Waals surface area contributed by atoms with Crippen LogP contribution < -0.4 is 9.82 Å². The highest BCUT2D eigenvalue weighted by atomic mass is 32.2. The Kier molecular flexibility index (Phi) is 9.25. The first-order chi connectivity index (χ1) is 16.3. The molecule has 1 aliphatic rings. The maximum absolute atomic E-state index is 11.5. The van der Waals surface area contributed by atoms with Crippen LogP contribution in [-0.4, -0.2) is 18.3 Å². The molecule has 0 spiro atoms. The fourth-order valence-corrected chi connectivity index (χ4v) is 4.06. The summed E-state index contributed by atoms with van der Waals surface area (Å²) in [6.45, 7) is 9.49. The van der Waals surface area contributed by atoms with Gasteiger partial charge in [-0.2, -0.15) is 4.33 Å². The van der Waals surface area contributed by atoms with E-state index >= 15 is 0 Å². The second kappa shape index (κ2) is 12.1. The van der Waals surface area contributed by atoms with Gasteiger partial charge in [0.2, 0.25) is 0 Å². The van der Waals surface area contributed by atoms with E-state index in [0.717, 1.165) is 65.4 Å². The highest BCUT2D eigenvalue weighted by molar-refractivity contribution is 7.94. The molecule has 180 valence electrons. The molecule has 2 aromatic rings. The average molecular weight is 483 g/mol. The lowest BCUT2D eigenvalue weighted by Crippen LogP contribution is -2.35. The van der Waals surface area contributed by atoms with Crippen molar-refractivity contribution in [2.75, 3.05) is 6.61 Å². The minimum absolute atomic E-state index is 0.131. The molecule has 8 heteroatoms. The van der Waals surface area contributed by atoms with E-state index < -0.39 is 0 Å². The van der Waals surface area contributed by atoms with Crippen LogP contribution in [0.1, 0.15) is 70.1 Å². The number of benzene rings is 1. The monoisotopic (exact) mass is 482 g/mol. The van der Waals surface area contributed by atoms with Crippen molar-refractivity contribution in [3.63, 3.8) is 0 Å². The van der Waals surface area contributed by atoms with Gasteiger partial charge < -0.3 is 9.99 Å². The number of aromatic nitrogens is 1. The number of carbonyl (C=O) groups is 1. The van der Waals surface area contributed by atoms with E-state index in [0.29, 0.717) is 13.0 Å². The topological polar surface area (TPSA) is 84.1 Å². The first-order valence-electron chi connectivity index (χ1n) is 11.4. The van der Waals surface area contributed by atoms with Gasteiger partial charge in [0.05, 0.1) is 41.7 Å². The summed E-state index contributed by atoms with van der Waals surface area (Å²) in [5, 5.41) is 13.3. The smallest absolute Gasteiger partial charge is 0.327 e. The number of nitrogens with zero attached hydrogens (tertiary/aromatic N) is 2. The molecule has 1 aliphatic heterocycles. The summed E-state index contributed by atoms with van der Waals surface area (Å²) in [7, 11) is 0. The van der Waals surface area contributed by atoms with E-state index in [4.69, 9.17) is 9.73 Å². The Morgan fingerprint density at radius 1 is 1.15 bits per heavy atom. The van der Waals surface area contributed by atoms with E-state index in [2.05, 4.69) is 58.8 Å². The first kappa shape index (κ1) is 25.9. The van der Waals surface area contributed by atoms with Crippen LogP contribution in [0.3, 0.4) is 0 Å². The number of pyridine rings is 1. The van der Waals surface area contributed by atoms with Gasteiger partial charge in [0.15, 0.2) is 0 Å². The second-order valence-corrected chi connectivity index (χ2v) is 9.37. The first-order valence-corrected chi connectivity index (χ1v) is 12.1. The normalized spacial score (nSPS) is 13.6. The molecular weight excluding hydrogens is 452 g/mol. The zero-order chi connectivity index (χ0) is 24.6. The van der Waals surface area contributed by atoms with E-state index in [1.54, 1.807) is 0 Å². The average Bonchev–Trinajstić information content (AvgIpc) is 3.05. The van der Waals surface area contributed by atoms with E-state index in [-0.39, 0.29) is 11.4 Å². The van der Waals surface area contributed by atoms with Crippen LogP contribution in [0.2, 0.25) is 0 Å². The van der Waals surface area contributed by atoms with Crippen molar-refractivity contribution in [3.8, 4) is 11.8 Å². The van der Waals surface area contributed by atoms with E-state index in [1.807, 2.05) is 31.2 Å². The van der Waals surface area contributed by atoms with Crippen molar-refractivity contribution in [3.05, 3.63) is 53.2 Å². The Labute approximate surface area is 205 Å². The molecule has 0 aliphatic carbocycles. The minimum atomic E-state index is -0.152. The molecule has 0 unspecified atom stereocenters. The summed E-state index contributed by atoms with van der Waals surface area (Å²) in [6, 6.07) is 9.49. The molecule has 0 radical (unpaired) electrons. The van der Waals surface area contributed by atoms with Crippen molar-refractivity contribution in [1.29, 1.82) is 0 Å². The third kappa shape index (κ3) is 6.67. The van der Waals surface area contributed by atoms with Crippen LogP contribution in [-0.2, 0) is 30.9 Å². The van der Waals surface area contributed by atoms with Gasteiger partial charge in [0.1, 0.15) is 11.9 Å². The summed E-state index contributed by atoms with van der Waals surface area (Å²) in [4.78, 5) is 17.2. The van der Waals surface area contributed by atoms with Gasteiger partial charge in [-0.3, -0.25) is 9.83 Å². The number of aryl methyl sites for hydroxylation is 1. The lowest BCUT2D eigenvalue weighted by atomic mass is 9.82. The molecule has 1 aromatic carbocycles. The molecule has 34 heavy (non-hydrogen) atoms. The molecule has 0 saturated carbocycles. The molecule has 3 rings (SSSR count). The highest BCUT2D eigenvalue weighted by Gasteiger charge is 2.41. The highest BCUT2D eigenvalue weighted by Crippen LogP contribution is 2.38. The SMILES string of the molecule is CCOC(=O)CCCCC[n+]1cc(C#Cc2ccc(SOO[O-])cc2)cc2c1N=C(C)C2(C)C. The molecular formula is C26H30N2O5S. The van der Waals surface area contributed by atoms with Crippen LogP contribution in [0.4, 0.5) is 5.82 Å². The number of hydrogen-bond acceptors (Lipinski definition) is 7. The van der Waals surface area contributed by atoms with E-state index in [9.17, 15) is 10.1 Å². The molecule has 0 saturated heterocycles. The largest absolute Gasteiger partial charge is 0.691 e. The number of carbonyl (C=O) groups excluding carboxylic acids is 1. The van der Waals surface area contributed by atoms with Crippen molar-refractivity contribution in [2.24, 2.45) is 4.99 Å². The second-order valence-electron chi connectivity index (χ2n) is 8.59. The molecule has 0 atom stereocenters. The number of hydrogen-bond donors (Lipinski definition) is 0. The van der Waals surface area contributed by atoms with Gasteiger partial charge in [-0.25, -0.2) is 4.57 Å². The number of rotatable bonds is 10. The van der Waals surface area contributed by atoms with Gasteiger partial charge in [0.25, 0.3) is 0 Å². The molecule has 7 nitrogen and oxygen atoms in total. The molecule has 0 amide bonds. The molecule has 0 N–H and O–H groups in total. The molecule has 2 heterocycles. The minimum Gasteiger partial charge on any atom is -0.691 e. The number of ether oxygens (including phenoxy) is 1. The Balaban J connectivity index is 1.75. The molecule has 0 bridgehead atoms. The third-order valence-electron chi connectivity index (χ3n) is 5.91. The summed E-state index contributed by atoms with van der Waals surface area (Å²) in [5.74, 6) is 7.34. The fourth-order valence-electron chi connectivity index (χ4n) is 3.71. The quantitative estimate of drug-likeness (QED) is 0.0964. The Morgan fingerprint density at radius 2 is 1.88 bits per heavy atom. The maximum atomic E-state index is 11.5. The number of esters is 1. The van der Waals surface area contributed by atoms with Crippen molar-refractivity contribution < 1.29 is 28.7 Å². The number of unbranched alkanes of at least 4 members (excludes halogenated alkanes) is 2. The lowest BCUT2D eigenvalue weighted by Gasteiger charge is -2.16. The molecule has 1 aromatic heterocycles. The van der Waals surface area contributed by atoms with Crippen molar-refractivity contribution in [1.82, 2.24) is 0 Å². The number of aliphatic imine (C=N–C) groups is 1. The summed E-state index contributed by atoms with van der Waals surface area (Å²) >= 11 is 0.849. The predicted molar refractivity (Wildman–Crippen MR) is 128 cm³/mol. The third-order valence-corrected chi connectivity index (χ3v) is 6.50. The zero-order valence-electron chi connectivity index (χ0n) is 20.1. The summed E-state index contributed by atoms with van der Waals surface area (Å²) < 4.78 is 11.5. The lowest BCUT2D eigenvalue weighted by molar-refractivity contribution is -0.777. The fraction of sp³-hybridized carbons (Fsp3) is 0.423. The summed E-state index contributed by atoms with van der Waals surface area (Å²) in [5.41, 5.74) is 3.88. The number of fused-ring (bicyclic) bond motifs is 1. The van der Waals surface area contributed by atoms with Gasteiger partial charge in [0, 0.05) is 16.9 Å².